The van der Waals surface area contributed by atoms with E-state index in [0.717, 1.165) is 17.9 Å². The molecule has 5 heteroatoms. The van der Waals surface area contributed by atoms with Crippen LogP contribution in [0.2, 0.25) is 0 Å². The maximum atomic E-state index is 5.18. The van der Waals surface area contributed by atoms with Crippen molar-refractivity contribution in [2.24, 2.45) is 4.99 Å². The third-order valence-corrected chi connectivity index (χ3v) is 8.02. The quantitative estimate of drug-likeness (QED) is 0.691. The van der Waals surface area contributed by atoms with Crippen LogP contribution in [0.25, 0.3) is 0 Å². The molecule has 29 heavy (non-hydrogen) atoms. The zero-order chi connectivity index (χ0) is 20.0. The lowest BCUT2D eigenvalue weighted by Gasteiger charge is -2.34. The van der Waals surface area contributed by atoms with E-state index in [2.05, 4.69) is 54.8 Å². The Labute approximate surface area is 178 Å². The Morgan fingerprint density at radius 2 is 1.90 bits per heavy atom. The van der Waals surface area contributed by atoms with Gasteiger partial charge in [-0.3, -0.25) is 9.98 Å². The van der Waals surface area contributed by atoms with E-state index >= 15 is 0 Å². The standard InChI is InChI=1S/C24H30N4S/c1-4-18-15-29-24-26-22(20-9-5-6-12-25-20)23(28(18)24)19-10-11-21(17(3)16(19)2)27-13-7-8-14-27/h5-6,9-12,18,22-23H,4,7-8,13-15H2,1-3H3/t18-,22+,23+/m1/s1. The minimum atomic E-state index is 0.0730. The zero-order valence-electron chi connectivity index (χ0n) is 17.6. The summed E-state index contributed by atoms with van der Waals surface area (Å²) >= 11 is 1.92. The summed E-state index contributed by atoms with van der Waals surface area (Å²) in [5.74, 6) is 1.14. The molecule has 5 rings (SSSR count). The number of nitrogens with zero attached hydrogens (tertiary/aromatic N) is 4. The van der Waals surface area contributed by atoms with Crippen molar-refractivity contribution in [2.45, 2.75) is 58.2 Å². The molecule has 0 radical (unpaired) electrons. The fourth-order valence-electron chi connectivity index (χ4n) is 5.14. The molecule has 0 N–H and O–H groups in total. The summed E-state index contributed by atoms with van der Waals surface area (Å²) < 4.78 is 0. The molecule has 3 aliphatic rings. The van der Waals surface area contributed by atoms with Crippen LogP contribution in [-0.4, -0.2) is 39.9 Å². The highest BCUT2D eigenvalue weighted by molar-refractivity contribution is 8.14. The Kier molecular flexibility index (Phi) is 5.02. The van der Waals surface area contributed by atoms with Gasteiger partial charge in [0.05, 0.1) is 11.7 Å². The zero-order valence-corrected chi connectivity index (χ0v) is 18.5. The van der Waals surface area contributed by atoms with Gasteiger partial charge in [0.25, 0.3) is 0 Å². The summed E-state index contributed by atoms with van der Waals surface area (Å²) in [5.41, 5.74) is 6.76. The summed E-state index contributed by atoms with van der Waals surface area (Å²) in [6.45, 7) is 9.28. The highest BCUT2D eigenvalue weighted by atomic mass is 32.2. The fourth-order valence-corrected chi connectivity index (χ4v) is 6.47. The van der Waals surface area contributed by atoms with Gasteiger partial charge in [-0.2, -0.15) is 0 Å². The van der Waals surface area contributed by atoms with E-state index in [0.29, 0.717) is 6.04 Å². The molecule has 2 saturated heterocycles. The van der Waals surface area contributed by atoms with Crippen LogP contribution in [-0.2, 0) is 0 Å². The van der Waals surface area contributed by atoms with Gasteiger partial charge in [0.2, 0.25) is 0 Å². The second-order valence-electron chi connectivity index (χ2n) is 8.45. The van der Waals surface area contributed by atoms with E-state index in [-0.39, 0.29) is 12.1 Å². The van der Waals surface area contributed by atoms with Gasteiger partial charge in [0.1, 0.15) is 6.04 Å². The van der Waals surface area contributed by atoms with Gasteiger partial charge in [-0.25, -0.2) is 0 Å². The van der Waals surface area contributed by atoms with Crippen LogP contribution >= 0.6 is 11.8 Å². The maximum Gasteiger partial charge on any atom is 0.160 e. The average molecular weight is 407 g/mol. The van der Waals surface area contributed by atoms with Crippen LogP contribution < -0.4 is 4.90 Å². The number of aliphatic imine (C=N–C) groups is 1. The molecule has 4 nitrogen and oxygen atoms in total. The number of hydrogen-bond acceptors (Lipinski definition) is 5. The van der Waals surface area contributed by atoms with E-state index in [9.17, 15) is 0 Å². The van der Waals surface area contributed by atoms with Crippen molar-refractivity contribution in [3.8, 4) is 0 Å². The van der Waals surface area contributed by atoms with Crippen LogP contribution in [0.15, 0.2) is 41.5 Å². The van der Waals surface area contributed by atoms with Crippen LogP contribution in [0.3, 0.4) is 0 Å². The van der Waals surface area contributed by atoms with Gasteiger partial charge < -0.3 is 9.80 Å². The minimum Gasteiger partial charge on any atom is -0.371 e. The van der Waals surface area contributed by atoms with Crippen molar-refractivity contribution in [3.63, 3.8) is 0 Å². The van der Waals surface area contributed by atoms with E-state index in [4.69, 9.17) is 9.98 Å². The van der Waals surface area contributed by atoms with Gasteiger partial charge in [0.15, 0.2) is 5.17 Å². The first-order chi connectivity index (χ1) is 14.2. The largest absolute Gasteiger partial charge is 0.371 e. The van der Waals surface area contributed by atoms with Crippen LogP contribution in [0.5, 0.6) is 0 Å². The summed E-state index contributed by atoms with van der Waals surface area (Å²) in [6, 6.07) is 11.8. The third-order valence-electron chi connectivity index (χ3n) is 6.90. The molecule has 0 bridgehead atoms. The summed E-state index contributed by atoms with van der Waals surface area (Å²) in [6.07, 6.45) is 5.67. The predicted octanol–water partition coefficient (Wildman–Crippen LogP) is 5.28. The van der Waals surface area contributed by atoms with Crippen molar-refractivity contribution >= 4 is 22.6 Å². The lowest BCUT2D eigenvalue weighted by molar-refractivity contribution is 0.254. The van der Waals surface area contributed by atoms with Crippen molar-refractivity contribution in [3.05, 3.63) is 58.9 Å². The first-order valence-electron chi connectivity index (χ1n) is 10.9. The lowest BCUT2D eigenvalue weighted by atomic mass is 9.89. The monoisotopic (exact) mass is 406 g/mol. The van der Waals surface area contributed by atoms with Gasteiger partial charge in [-0.15, -0.1) is 0 Å². The van der Waals surface area contributed by atoms with Crippen LogP contribution in [0.1, 0.15) is 60.7 Å². The normalized spacial score (nSPS) is 26.2. The van der Waals surface area contributed by atoms with Crippen LogP contribution in [0, 0.1) is 13.8 Å². The van der Waals surface area contributed by atoms with E-state index in [1.807, 2.05) is 24.0 Å². The topological polar surface area (TPSA) is 31.7 Å². The lowest BCUT2D eigenvalue weighted by Crippen LogP contribution is -2.35. The smallest absolute Gasteiger partial charge is 0.160 e. The molecule has 0 saturated carbocycles. The Morgan fingerprint density at radius 1 is 1.07 bits per heavy atom. The predicted molar refractivity (Wildman–Crippen MR) is 123 cm³/mol. The van der Waals surface area contributed by atoms with E-state index in [1.54, 1.807) is 0 Å². The molecule has 4 heterocycles. The van der Waals surface area contributed by atoms with E-state index in [1.165, 1.54) is 53.5 Å². The second-order valence-corrected chi connectivity index (χ2v) is 9.44. The third kappa shape index (κ3) is 3.14. The van der Waals surface area contributed by atoms with Gasteiger partial charge >= 0.3 is 0 Å². The average Bonchev–Trinajstić information content (AvgIpc) is 3.47. The van der Waals surface area contributed by atoms with Crippen molar-refractivity contribution in [1.82, 2.24) is 9.88 Å². The molecule has 0 aliphatic carbocycles. The molecular formula is C24H30N4S. The number of pyridine rings is 1. The van der Waals surface area contributed by atoms with Gasteiger partial charge in [0, 0.05) is 36.8 Å². The van der Waals surface area contributed by atoms with Gasteiger partial charge in [-0.05, 0) is 68.0 Å². The Hall–Kier alpha value is -2.01. The molecule has 1 aromatic heterocycles. The number of hydrogen-bond donors (Lipinski definition) is 0. The Bertz CT molecular complexity index is 920. The number of aromatic nitrogens is 1. The molecule has 152 valence electrons. The molecule has 3 atom stereocenters. The first kappa shape index (κ1) is 19.0. The molecular weight excluding hydrogens is 376 g/mol. The Morgan fingerprint density at radius 3 is 2.62 bits per heavy atom. The first-order valence-corrected chi connectivity index (χ1v) is 11.9. The van der Waals surface area contributed by atoms with Gasteiger partial charge in [-0.1, -0.05) is 30.8 Å². The summed E-state index contributed by atoms with van der Waals surface area (Å²) in [7, 11) is 0. The summed E-state index contributed by atoms with van der Waals surface area (Å²) in [4.78, 5) is 15.0. The SMILES string of the molecule is CC[C@@H]1CSC2=N[C@@H](c3ccccn3)[C@H](c3ccc(N4CCCC4)c(C)c3C)N21. The number of benzene rings is 1. The second kappa shape index (κ2) is 7.67. The highest BCUT2D eigenvalue weighted by Gasteiger charge is 2.46. The van der Waals surface area contributed by atoms with Crippen molar-refractivity contribution in [2.75, 3.05) is 23.7 Å². The molecule has 2 fully saturated rings. The molecule has 0 unspecified atom stereocenters. The summed E-state index contributed by atoms with van der Waals surface area (Å²) in [5, 5.41) is 1.21. The van der Waals surface area contributed by atoms with Crippen molar-refractivity contribution < 1.29 is 0 Å². The molecule has 3 aliphatic heterocycles. The van der Waals surface area contributed by atoms with Crippen molar-refractivity contribution in [1.29, 1.82) is 0 Å². The number of fused-ring (bicyclic) bond motifs is 1. The minimum absolute atomic E-state index is 0.0730. The molecule has 2 aromatic rings. The number of thioether (sulfide) groups is 1. The molecule has 1 aromatic carbocycles. The number of rotatable bonds is 4. The highest BCUT2D eigenvalue weighted by Crippen LogP contribution is 2.50. The fraction of sp³-hybridized carbons (Fsp3) is 0.500. The number of amidine groups is 1. The Balaban J connectivity index is 1.59. The van der Waals surface area contributed by atoms with E-state index < -0.39 is 0 Å². The van der Waals surface area contributed by atoms with Crippen LogP contribution in [0.4, 0.5) is 5.69 Å². The molecule has 0 spiro atoms. The number of anilines is 1. The maximum absolute atomic E-state index is 5.18. The molecule has 0 amide bonds.